The number of carbonyl (C=O) groups is 2. The first-order valence-electron chi connectivity index (χ1n) is 5.59. The highest BCUT2D eigenvalue weighted by Crippen LogP contribution is 2.36. The number of ketones is 2. The van der Waals surface area contributed by atoms with Gasteiger partial charge in [-0.25, -0.2) is 0 Å². The van der Waals surface area contributed by atoms with E-state index in [-0.39, 0.29) is 23.5 Å². The average molecular weight is 208 g/mol. The number of Topliss-reactive ketones (excluding diaryl/α,β-unsaturated/α-hetero) is 2. The first-order valence-corrected chi connectivity index (χ1v) is 5.59. The van der Waals surface area contributed by atoms with Gasteiger partial charge in [0, 0.05) is 18.8 Å². The van der Waals surface area contributed by atoms with Crippen molar-refractivity contribution < 1.29 is 9.59 Å². The third-order valence-electron chi connectivity index (χ3n) is 3.50. The molecule has 0 aromatic carbocycles. The van der Waals surface area contributed by atoms with Gasteiger partial charge in [-0.3, -0.25) is 4.79 Å². The Morgan fingerprint density at radius 2 is 2.07 bits per heavy atom. The van der Waals surface area contributed by atoms with Gasteiger partial charge >= 0.3 is 0 Å². The third-order valence-corrected chi connectivity index (χ3v) is 3.50. The van der Waals surface area contributed by atoms with Crippen molar-refractivity contribution in [1.82, 2.24) is 0 Å². The van der Waals surface area contributed by atoms with Crippen LogP contribution in [0.15, 0.2) is 12.2 Å². The molecule has 0 spiro atoms. The summed E-state index contributed by atoms with van der Waals surface area (Å²) in [6.45, 7) is 9.43. The van der Waals surface area contributed by atoms with E-state index < -0.39 is 0 Å². The fraction of sp³-hybridized carbons (Fsp3) is 0.692. The lowest BCUT2D eigenvalue weighted by molar-refractivity contribution is -0.128. The minimum atomic E-state index is 0.0458. The van der Waals surface area contributed by atoms with E-state index in [2.05, 4.69) is 6.58 Å². The summed E-state index contributed by atoms with van der Waals surface area (Å²) < 4.78 is 0. The lowest BCUT2D eigenvalue weighted by atomic mass is 9.70. The second-order valence-corrected chi connectivity index (χ2v) is 4.90. The molecule has 0 heterocycles. The third kappa shape index (κ3) is 3.01. The van der Waals surface area contributed by atoms with Crippen molar-refractivity contribution in [2.75, 3.05) is 0 Å². The SMILES string of the molecule is C=C(C)[C@@H]1CC(=O)C(C)C(CC(C)=O)C1. The van der Waals surface area contributed by atoms with Crippen LogP contribution in [0.4, 0.5) is 0 Å². The van der Waals surface area contributed by atoms with Crippen LogP contribution in [0.3, 0.4) is 0 Å². The van der Waals surface area contributed by atoms with E-state index in [0.29, 0.717) is 18.6 Å². The predicted octanol–water partition coefficient (Wildman–Crippen LogP) is 2.77. The predicted molar refractivity (Wildman–Crippen MR) is 60.5 cm³/mol. The molecule has 1 aliphatic rings. The normalized spacial score (nSPS) is 31.4. The summed E-state index contributed by atoms with van der Waals surface area (Å²) in [6.07, 6.45) is 2.10. The first kappa shape index (κ1) is 12.2. The summed E-state index contributed by atoms with van der Waals surface area (Å²) in [4.78, 5) is 22.9. The van der Waals surface area contributed by atoms with Gasteiger partial charge in [0.2, 0.25) is 0 Å². The molecule has 2 heteroatoms. The minimum Gasteiger partial charge on any atom is -0.300 e. The molecule has 1 saturated carbocycles. The van der Waals surface area contributed by atoms with E-state index in [9.17, 15) is 9.59 Å². The molecule has 0 aromatic heterocycles. The highest BCUT2D eigenvalue weighted by atomic mass is 16.1. The highest BCUT2D eigenvalue weighted by molar-refractivity contribution is 5.84. The Balaban J connectivity index is 2.72. The van der Waals surface area contributed by atoms with Gasteiger partial charge in [0.1, 0.15) is 11.6 Å². The van der Waals surface area contributed by atoms with Gasteiger partial charge in [-0.05, 0) is 32.1 Å². The summed E-state index contributed by atoms with van der Waals surface area (Å²) in [6, 6.07) is 0. The van der Waals surface area contributed by atoms with Crippen molar-refractivity contribution in [2.45, 2.75) is 40.0 Å². The molecule has 3 atom stereocenters. The number of allylic oxidation sites excluding steroid dienone is 1. The summed E-state index contributed by atoms with van der Waals surface area (Å²) in [7, 11) is 0. The number of hydrogen-bond donors (Lipinski definition) is 0. The van der Waals surface area contributed by atoms with E-state index in [1.807, 2.05) is 13.8 Å². The highest BCUT2D eigenvalue weighted by Gasteiger charge is 2.34. The van der Waals surface area contributed by atoms with Gasteiger partial charge in [0.05, 0.1) is 0 Å². The Labute approximate surface area is 91.7 Å². The monoisotopic (exact) mass is 208 g/mol. The zero-order valence-electron chi connectivity index (χ0n) is 9.88. The van der Waals surface area contributed by atoms with Crippen LogP contribution in [0.1, 0.15) is 40.0 Å². The largest absolute Gasteiger partial charge is 0.300 e. The fourth-order valence-corrected chi connectivity index (χ4v) is 2.35. The van der Waals surface area contributed by atoms with Crippen molar-refractivity contribution in [1.29, 1.82) is 0 Å². The Morgan fingerprint density at radius 1 is 1.47 bits per heavy atom. The van der Waals surface area contributed by atoms with Gasteiger partial charge in [0.25, 0.3) is 0 Å². The lowest BCUT2D eigenvalue weighted by Crippen LogP contribution is -2.32. The van der Waals surface area contributed by atoms with Gasteiger partial charge in [-0.1, -0.05) is 19.1 Å². The van der Waals surface area contributed by atoms with Crippen LogP contribution in [0.5, 0.6) is 0 Å². The average Bonchev–Trinajstić information content (AvgIpc) is 2.11. The van der Waals surface area contributed by atoms with Gasteiger partial charge < -0.3 is 4.79 Å². The second kappa shape index (κ2) is 4.73. The zero-order valence-corrected chi connectivity index (χ0v) is 9.88. The maximum atomic E-state index is 11.7. The Kier molecular flexibility index (Phi) is 3.83. The van der Waals surface area contributed by atoms with Crippen molar-refractivity contribution >= 4 is 11.6 Å². The molecule has 1 fully saturated rings. The molecular weight excluding hydrogens is 188 g/mol. The molecule has 0 radical (unpaired) electrons. The van der Waals surface area contributed by atoms with E-state index in [0.717, 1.165) is 12.0 Å². The summed E-state index contributed by atoms with van der Waals surface area (Å²) >= 11 is 0. The standard InChI is InChI=1S/C13H20O2/c1-8(2)11-6-12(5-9(3)14)10(4)13(15)7-11/h10-12H,1,5-7H2,2-4H3/t10?,11-,12?/m0/s1. The molecule has 15 heavy (non-hydrogen) atoms. The van der Waals surface area contributed by atoms with Gasteiger partial charge in [-0.2, -0.15) is 0 Å². The van der Waals surface area contributed by atoms with E-state index in [4.69, 9.17) is 0 Å². The Morgan fingerprint density at radius 3 is 2.53 bits per heavy atom. The molecule has 84 valence electrons. The van der Waals surface area contributed by atoms with Crippen molar-refractivity contribution in [3.05, 3.63) is 12.2 Å². The van der Waals surface area contributed by atoms with Crippen molar-refractivity contribution in [3.8, 4) is 0 Å². The maximum absolute atomic E-state index is 11.7. The molecule has 2 unspecified atom stereocenters. The molecule has 1 aliphatic carbocycles. The fourth-order valence-electron chi connectivity index (χ4n) is 2.35. The van der Waals surface area contributed by atoms with Crippen LogP contribution in [-0.4, -0.2) is 11.6 Å². The van der Waals surface area contributed by atoms with Crippen LogP contribution >= 0.6 is 0 Å². The summed E-state index contributed by atoms with van der Waals surface area (Å²) in [5, 5.41) is 0. The first-order chi connectivity index (χ1) is 6.91. The van der Waals surface area contributed by atoms with Crippen LogP contribution < -0.4 is 0 Å². The molecule has 0 N–H and O–H groups in total. The molecule has 0 bridgehead atoms. The minimum absolute atomic E-state index is 0.0458. The summed E-state index contributed by atoms with van der Waals surface area (Å²) in [5.74, 6) is 1.04. The van der Waals surface area contributed by atoms with Crippen molar-refractivity contribution in [3.63, 3.8) is 0 Å². The Bertz CT molecular complexity index is 291. The van der Waals surface area contributed by atoms with Crippen LogP contribution in [0.2, 0.25) is 0 Å². The number of carbonyl (C=O) groups excluding carboxylic acids is 2. The van der Waals surface area contributed by atoms with E-state index >= 15 is 0 Å². The van der Waals surface area contributed by atoms with E-state index in [1.54, 1.807) is 6.92 Å². The second-order valence-electron chi connectivity index (χ2n) is 4.90. The molecular formula is C13H20O2. The van der Waals surface area contributed by atoms with Gasteiger partial charge in [0.15, 0.2) is 0 Å². The zero-order chi connectivity index (χ0) is 11.6. The van der Waals surface area contributed by atoms with Crippen LogP contribution in [0, 0.1) is 17.8 Å². The molecule has 0 aliphatic heterocycles. The summed E-state index contributed by atoms with van der Waals surface area (Å²) in [5.41, 5.74) is 1.07. The molecule has 2 nitrogen and oxygen atoms in total. The van der Waals surface area contributed by atoms with Crippen LogP contribution in [0.25, 0.3) is 0 Å². The topological polar surface area (TPSA) is 34.1 Å². The number of rotatable bonds is 3. The maximum Gasteiger partial charge on any atom is 0.136 e. The van der Waals surface area contributed by atoms with Crippen molar-refractivity contribution in [2.24, 2.45) is 17.8 Å². The Hall–Kier alpha value is -0.920. The van der Waals surface area contributed by atoms with Crippen LogP contribution in [-0.2, 0) is 9.59 Å². The lowest BCUT2D eigenvalue weighted by Gasteiger charge is -2.33. The molecule has 0 saturated heterocycles. The molecule has 0 amide bonds. The molecule has 0 aromatic rings. The quantitative estimate of drug-likeness (QED) is 0.668. The number of hydrogen-bond acceptors (Lipinski definition) is 2. The smallest absolute Gasteiger partial charge is 0.136 e. The molecule has 1 rings (SSSR count). The van der Waals surface area contributed by atoms with E-state index in [1.165, 1.54) is 0 Å². The van der Waals surface area contributed by atoms with Gasteiger partial charge in [-0.15, -0.1) is 0 Å².